The SMILES string of the molecule is CC1(C)CC(=O)C(S(=O)(=O)c2ccccc2)O1. The quantitative estimate of drug-likeness (QED) is 0.803. The van der Waals surface area contributed by atoms with Crippen LogP contribution < -0.4 is 0 Å². The van der Waals surface area contributed by atoms with Crippen molar-refractivity contribution in [1.29, 1.82) is 0 Å². The van der Waals surface area contributed by atoms with Crippen molar-refractivity contribution in [3.8, 4) is 0 Å². The maximum absolute atomic E-state index is 12.2. The molecule has 1 atom stereocenters. The lowest BCUT2D eigenvalue weighted by Crippen LogP contribution is -2.28. The van der Waals surface area contributed by atoms with E-state index in [0.717, 1.165) is 0 Å². The van der Waals surface area contributed by atoms with Crippen LogP contribution in [0.15, 0.2) is 35.2 Å². The van der Waals surface area contributed by atoms with E-state index in [1.807, 2.05) is 0 Å². The first-order chi connectivity index (χ1) is 7.83. The van der Waals surface area contributed by atoms with Gasteiger partial charge in [-0.15, -0.1) is 0 Å². The maximum atomic E-state index is 12.2. The smallest absolute Gasteiger partial charge is 0.222 e. The molecule has 1 heterocycles. The second-order valence-corrected chi connectivity index (χ2v) is 6.70. The molecule has 1 saturated heterocycles. The summed E-state index contributed by atoms with van der Waals surface area (Å²) in [4.78, 5) is 11.8. The van der Waals surface area contributed by atoms with Crippen molar-refractivity contribution in [2.45, 2.75) is 36.2 Å². The number of Topliss-reactive ketones (excluding diaryl/α,β-unsaturated/α-hetero) is 1. The standard InChI is InChI=1S/C12H14O4S/c1-12(2)8-10(13)11(16-12)17(14,15)9-6-4-3-5-7-9/h3-7,11H,8H2,1-2H3. The number of hydrogen-bond donors (Lipinski definition) is 0. The van der Waals surface area contributed by atoms with Crippen molar-refractivity contribution in [3.63, 3.8) is 0 Å². The first-order valence-corrected chi connectivity index (χ1v) is 6.87. The molecular formula is C12H14O4S. The third-order valence-corrected chi connectivity index (χ3v) is 4.49. The number of sulfone groups is 1. The van der Waals surface area contributed by atoms with Gasteiger partial charge in [0.2, 0.25) is 15.3 Å². The van der Waals surface area contributed by atoms with Crippen molar-refractivity contribution in [1.82, 2.24) is 0 Å². The minimum atomic E-state index is -3.73. The molecule has 17 heavy (non-hydrogen) atoms. The normalized spacial score (nSPS) is 23.9. The van der Waals surface area contributed by atoms with E-state index < -0.39 is 20.9 Å². The van der Waals surface area contributed by atoms with Crippen LogP contribution in [-0.2, 0) is 19.4 Å². The molecule has 5 heteroatoms. The Labute approximate surface area is 101 Å². The van der Waals surface area contributed by atoms with Crippen LogP contribution in [0.25, 0.3) is 0 Å². The Morgan fingerprint density at radius 1 is 1.24 bits per heavy atom. The fourth-order valence-electron chi connectivity index (χ4n) is 1.87. The Bertz CT molecular complexity index is 531. The molecule has 4 nitrogen and oxygen atoms in total. The third-order valence-electron chi connectivity index (χ3n) is 2.64. The highest BCUT2D eigenvalue weighted by molar-refractivity contribution is 7.92. The molecule has 0 saturated carbocycles. The number of ether oxygens (including phenoxy) is 1. The number of ketones is 1. The van der Waals surface area contributed by atoms with Crippen LogP contribution in [0.2, 0.25) is 0 Å². The van der Waals surface area contributed by atoms with Gasteiger partial charge < -0.3 is 4.74 Å². The van der Waals surface area contributed by atoms with E-state index in [-0.39, 0.29) is 17.1 Å². The summed E-state index contributed by atoms with van der Waals surface area (Å²) >= 11 is 0. The van der Waals surface area contributed by atoms with Gasteiger partial charge in [-0.1, -0.05) is 18.2 Å². The summed E-state index contributed by atoms with van der Waals surface area (Å²) in [6.07, 6.45) is 0.129. The lowest BCUT2D eigenvalue weighted by Gasteiger charge is -2.17. The van der Waals surface area contributed by atoms with Crippen LogP contribution in [0.4, 0.5) is 0 Å². The van der Waals surface area contributed by atoms with Gasteiger partial charge in [0.1, 0.15) is 0 Å². The predicted octanol–water partition coefficient (Wildman–Crippen LogP) is 1.55. The van der Waals surface area contributed by atoms with Crippen LogP contribution in [-0.4, -0.2) is 25.2 Å². The van der Waals surface area contributed by atoms with E-state index in [1.165, 1.54) is 12.1 Å². The highest BCUT2D eigenvalue weighted by Crippen LogP contribution is 2.32. The Balaban J connectivity index is 2.39. The van der Waals surface area contributed by atoms with Gasteiger partial charge >= 0.3 is 0 Å². The summed E-state index contributed by atoms with van der Waals surface area (Å²) in [5, 5.41) is 0. The van der Waals surface area contributed by atoms with Crippen LogP contribution in [0.1, 0.15) is 20.3 Å². The topological polar surface area (TPSA) is 60.4 Å². The van der Waals surface area contributed by atoms with Crippen molar-refractivity contribution in [2.75, 3.05) is 0 Å². The molecule has 0 aliphatic carbocycles. The van der Waals surface area contributed by atoms with Crippen molar-refractivity contribution < 1.29 is 17.9 Å². The molecule has 92 valence electrons. The first-order valence-electron chi connectivity index (χ1n) is 5.32. The van der Waals surface area contributed by atoms with E-state index in [0.29, 0.717) is 0 Å². The Morgan fingerprint density at radius 3 is 2.29 bits per heavy atom. The first kappa shape index (κ1) is 12.3. The lowest BCUT2D eigenvalue weighted by atomic mass is 10.1. The lowest BCUT2D eigenvalue weighted by molar-refractivity contribution is -0.119. The van der Waals surface area contributed by atoms with Crippen LogP contribution in [0.5, 0.6) is 0 Å². The largest absolute Gasteiger partial charge is 0.348 e. The van der Waals surface area contributed by atoms with Gasteiger partial charge in [0, 0.05) is 6.42 Å². The highest BCUT2D eigenvalue weighted by Gasteiger charge is 2.46. The van der Waals surface area contributed by atoms with Gasteiger partial charge in [0.25, 0.3) is 0 Å². The monoisotopic (exact) mass is 254 g/mol. The molecule has 0 bridgehead atoms. The van der Waals surface area contributed by atoms with Crippen LogP contribution in [0.3, 0.4) is 0 Å². The zero-order valence-electron chi connectivity index (χ0n) is 9.71. The Hall–Kier alpha value is -1.20. The highest BCUT2D eigenvalue weighted by atomic mass is 32.2. The van der Waals surface area contributed by atoms with Gasteiger partial charge in [-0.05, 0) is 26.0 Å². The minimum Gasteiger partial charge on any atom is -0.348 e. The predicted molar refractivity (Wildman–Crippen MR) is 62.2 cm³/mol. The fraction of sp³-hybridized carbons (Fsp3) is 0.417. The molecule has 0 amide bonds. The second kappa shape index (κ2) is 3.92. The van der Waals surface area contributed by atoms with E-state index in [4.69, 9.17) is 4.74 Å². The molecular weight excluding hydrogens is 240 g/mol. The molecule has 0 N–H and O–H groups in total. The molecule has 0 aromatic heterocycles. The van der Waals surface area contributed by atoms with E-state index in [2.05, 4.69) is 0 Å². The molecule has 1 aromatic rings. The Morgan fingerprint density at radius 2 is 1.82 bits per heavy atom. The number of carbonyl (C=O) groups is 1. The Kier molecular flexibility index (Phi) is 2.83. The second-order valence-electron chi connectivity index (χ2n) is 4.71. The fourth-order valence-corrected chi connectivity index (χ4v) is 3.47. The number of rotatable bonds is 2. The van der Waals surface area contributed by atoms with Crippen molar-refractivity contribution in [2.24, 2.45) is 0 Å². The molecule has 1 aliphatic rings. The zero-order valence-corrected chi connectivity index (χ0v) is 10.5. The summed E-state index contributed by atoms with van der Waals surface area (Å²) < 4.78 is 29.7. The van der Waals surface area contributed by atoms with Crippen molar-refractivity contribution in [3.05, 3.63) is 30.3 Å². The van der Waals surface area contributed by atoms with E-state index >= 15 is 0 Å². The molecule has 1 aliphatic heterocycles. The average Bonchev–Trinajstić information content (AvgIpc) is 2.54. The van der Waals surface area contributed by atoms with Gasteiger partial charge in [-0.2, -0.15) is 0 Å². The number of benzene rings is 1. The number of carbonyl (C=O) groups excluding carboxylic acids is 1. The average molecular weight is 254 g/mol. The summed E-state index contributed by atoms with van der Waals surface area (Å²) in [7, 11) is -3.73. The van der Waals surface area contributed by atoms with Crippen molar-refractivity contribution >= 4 is 15.6 Å². The number of hydrogen-bond acceptors (Lipinski definition) is 4. The van der Waals surface area contributed by atoms with E-state index in [1.54, 1.807) is 32.0 Å². The summed E-state index contributed by atoms with van der Waals surface area (Å²) in [5.74, 6) is -0.376. The maximum Gasteiger partial charge on any atom is 0.222 e. The molecule has 1 fully saturated rings. The zero-order chi connectivity index (χ0) is 12.7. The van der Waals surface area contributed by atoms with E-state index in [9.17, 15) is 13.2 Å². The van der Waals surface area contributed by atoms with Gasteiger partial charge in [0.05, 0.1) is 10.5 Å². The molecule has 2 rings (SSSR count). The summed E-state index contributed by atoms with van der Waals surface area (Å²) in [6.45, 7) is 3.43. The molecule has 0 radical (unpaired) electrons. The van der Waals surface area contributed by atoms with Crippen LogP contribution >= 0.6 is 0 Å². The van der Waals surface area contributed by atoms with Crippen LogP contribution in [0, 0.1) is 0 Å². The van der Waals surface area contributed by atoms with Gasteiger partial charge in [-0.3, -0.25) is 4.79 Å². The minimum absolute atomic E-state index is 0.121. The molecule has 0 spiro atoms. The third kappa shape index (κ3) is 2.25. The van der Waals surface area contributed by atoms with Gasteiger partial charge in [0.15, 0.2) is 5.78 Å². The van der Waals surface area contributed by atoms with Gasteiger partial charge in [-0.25, -0.2) is 8.42 Å². The molecule has 1 unspecified atom stereocenters. The molecule has 1 aromatic carbocycles. The summed E-state index contributed by atoms with van der Waals surface area (Å²) in [5.41, 5.74) is -2.07. The summed E-state index contributed by atoms with van der Waals surface area (Å²) in [6, 6.07) is 7.91.